The molecule has 0 heterocycles. The lowest BCUT2D eigenvalue weighted by Gasteiger charge is -2.20. The molecule has 0 bridgehead atoms. The molecule has 0 aromatic rings. The highest BCUT2D eigenvalue weighted by molar-refractivity contribution is 5.04. The van der Waals surface area contributed by atoms with E-state index in [4.69, 9.17) is 0 Å². The van der Waals surface area contributed by atoms with Crippen molar-refractivity contribution in [3.8, 4) is 0 Å². The van der Waals surface area contributed by atoms with Crippen LogP contribution in [0.4, 0.5) is 0 Å². The van der Waals surface area contributed by atoms with Gasteiger partial charge in [-0.05, 0) is 80.0 Å². The molecule has 0 saturated heterocycles. The summed E-state index contributed by atoms with van der Waals surface area (Å²) in [6.45, 7) is 7.38. The summed E-state index contributed by atoms with van der Waals surface area (Å²) in [7, 11) is 0. The first-order valence-electron chi connectivity index (χ1n) is 10.3. The van der Waals surface area contributed by atoms with E-state index in [0.717, 1.165) is 35.0 Å². The lowest BCUT2D eigenvalue weighted by molar-refractivity contribution is 0.306. The summed E-state index contributed by atoms with van der Waals surface area (Å²) in [5, 5.41) is 0. The summed E-state index contributed by atoms with van der Waals surface area (Å²) in [6.07, 6.45) is 21.3. The smallest absolute Gasteiger partial charge is 0.0231 e. The van der Waals surface area contributed by atoms with Gasteiger partial charge in [-0.3, -0.25) is 0 Å². The van der Waals surface area contributed by atoms with Gasteiger partial charge in [0.2, 0.25) is 0 Å². The van der Waals surface area contributed by atoms with Crippen LogP contribution in [0.25, 0.3) is 0 Å². The molecule has 2 saturated carbocycles. The molecule has 2 fully saturated rings. The highest BCUT2D eigenvalue weighted by Gasteiger charge is 2.53. The van der Waals surface area contributed by atoms with Crippen molar-refractivity contribution in [3.63, 3.8) is 0 Å². The van der Waals surface area contributed by atoms with Crippen LogP contribution < -0.4 is 0 Å². The molecule has 0 N–H and O–H groups in total. The molecule has 0 aliphatic heterocycles. The van der Waals surface area contributed by atoms with Crippen molar-refractivity contribution in [2.45, 2.75) is 91.4 Å². The first-order valence-corrected chi connectivity index (χ1v) is 10.3. The van der Waals surface area contributed by atoms with E-state index in [-0.39, 0.29) is 0 Å². The number of fused-ring (bicyclic) bond motifs is 1. The lowest BCUT2D eigenvalue weighted by Crippen LogP contribution is -2.10. The molecule has 3 aliphatic rings. The molecule has 5 unspecified atom stereocenters. The second-order valence-corrected chi connectivity index (χ2v) is 9.31. The van der Waals surface area contributed by atoms with Gasteiger partial charge in [-0.2, -0.15) is 0 Å². The largest absolute Gasteiger partial charge is 0.0882 e. The van der Waals surface area contributed by atoms with Crippen LogP contribution in [0.5, 0.6) is 0 Å². The SMILES string of the molecule is CCC(C)CC1C=CCCC(CC2CC2)C2CC2(C)CCC1. The minimum Gasteiger partial charge on any atom is -0.0882 e. The Morgan fingerprint density at radius 3 is 2.73 bits per heavy atom. The molecule has 0 aromatic heterocycles. The Hall–Kier alpha value is -0.260. The Balaban J connectivity index is 1.58. The van der Waals surface area contributed by atoms with Crippen LogP contribution in [-0.4, -0.2) is 0 Å². The Morgan fingerprint density at radius 1 is 1.18 bits per heavy atom. The van der Waals surface area contributed by atoms with Gasteiger partial charge in [0.15, 0.2) is 0 Å². The molecule has 0 nitrogen and oxygen atoms in total. The van der Waals surface area contributed by atoms with Crippen LogP contribution in [0.3, 0.4) is 0 Å². The second kappa shape index (κ2) is 7.10. The summed E-state index contributed by atoms with van der Waals surface area (Å²) >= 11 is 0. The van der Waals surface area contributed by atoms with Gasteiger partial charge in [-0.15, -0.1) is 0 Å². The van der Waals surface area contributed by atoms with Crippen molar-refractivity contribution in [1.29, 1.82) is 0 Å². The maximum absolute atomic E-state index is 2.60. The fourth-order valence-corrected chi connectivity index (χ4v) is 5.07. The normalized spacial score (nSPS) is 40.6. The predicted octanol–water partition coefficient (Wildman–Crippen LogP) is 7.00. The van der Waals surface area contributed by atoms with Crippen LogP contribution in [0.2, 0.25) is 0 Å². The van der Waals surface area contributed by atoms with Gasteiger partial charge in [0, 0.05) is 0 Å². The zero-order valence-corrected chi connectivity index (χ0v) is 15.3. The van der Waals surface area contributed by atoms with E-state index in [1.807, 2.05) is 0 Å². The highest BCUT2D eigenvalue weighted by Crippen LogP contribution is 2.62. The molecular formula is C22H38. The standard InChI is InChI=1S/C22H38/c1-4-17(2)14-18-8-5-6-10-20(15-19-11-12-19)21-16-22(21,3)13-7-9-18/h5,8,17-21H,4,6-7,9-16H2,1-3H3. The number of hydrogen-bond donors (Lipinski definition) is 0. The summed E-state index contributed by atoms with van der Waals surface area (Å²) in [5.74, 6) is 4.99. The van der Waals surface area contributed by atoms with Crippen LogP contribution in [0.1, 0.15) is 91.4 Å². The van der Waals surface area contributed by atoms with Crippen molar-refractivity contribution < 1.29 is 0 Å². The third kappa shape index (κ3) is 4.39. The minimum atomic E-state index is 0.727. The van der Waals surface area contributed by atoms with Gasteiger partial charge in [0.1, 0.15) is 0 Å². The first kappa shape index (κ1) is 16.6. The molecule has 0 amide bonds. The van der Waals surface area contributed by atoms with Crippen molar-refractivity contribution >= 4 is 0 Å². The molecule has 22 heavy (non-hydrogen) atoms. The monoisotopic (exact) mass is 302 g/mol. The average molecular weight is 303 g/mol. The van der Waals surface area contributed by atoms with E-state index >= 15 is 0 Å². The predicted molar refractivity (Wildman–Crippen MR) is 96.8 cm³/mol. The van der Waals surface area contributed by atoms with Gasteiger partial charge >= 0.3 is 0 Å². The van der Waals surface area contributed by atoms with Gasteiger partial charge < -0.3 is 0 Å². The third-order valence-corrected chi connectivity index (χ3v) is 7.16. The van der Waals surface area contributed by atoms with Crippen LogP contribution in [-0.2, 0) is 0 Å². The topological polar surface area (TPSA) is 0 Å². The van der Waals surface area contributed by atoms with Crippen LogP contribution in [0, 0.1) is 35.0 Å². The Labute approximate surface area is 139 Å². The number of allylic oxidation sites excluding steroid dienone is 2. The zero-order valence-electron chi connectivity index (χ0n) is 15.3. The Bertz CT molecular complexity index is 377. The lowest BCUT2D eigenvalue weighted by atomic mass is 9.85. The van der Waals surface area contributed by atoms with Gasteiger partial charge in [-0.1, -0.05) is 58.6 Å². The molecule has 3 rings (SSSR count). The van der Waals surface area contributed by atoms with Crippen molar-refractivity contribution in [2.75, 3.05) is 0 Å². The Kier molecular flexibility index (Phi) is 5.35. The highest BCUT2D eigenvalue weighted by atomic mass is 14.6. The Morgan fingerprint density at radius 2 is 2.00 bits per heavy atom. The second-order valence-electron chi connectivity index (χ2n) is 9.31. The number of rotatable bonds is 5. The van der Waals surface area contributed by atoms with Crippen LogP contribution >= 0.6 is 0 Å². The fourth-order valence-electron chi connectivity index (χ4n) is 5.07. The quantitative estimate of drug-likeness (QED) is 0.479. The van der Waals surface area contributed by atoms with Gasteiger partial charge in [0.05, 0.1) is 0 Å². The van der Waals surface area contributed by atoms with Crippen molar-refractivity contribution in [1.82, 2.24) is 0 Å². The van der Waals surface area contributed by atoms with E-state index < -0.39 is 0 Å². The third-order valence-electron chi connectivity index (χ3n) is 7.16. The van der Waals surface area contributed by atoms with Crippen molar-refractivity contribution in [2.24, 2.45) is 35.0 Å². The molecule has 126 valence electrons. The first-order chi connectivity index (χ1) is 10.6. The maximum Gasteiger partial charge on any atom is -0.0231 e. The van der Waals surface area contributed by atoms with E-state index in [1.165, 1.54) is 57.8 Å². The molecule has 0 heteroatoms. The molecule has 5 atom stereocenters. The molecular weight excluding hydrogens is 264 g/mol. The van der Waals surface area contributed by atoms with Gasteiger partial charge in [0.25, 0.3) is 0 Å². The molecule has 3 aliphatic carbocycles. The van der Waals surface area contributed by atoms with E-state index in [1.54, 1.807) is 12.8 Å². The van der Waals surface area contributed by atoms with Crippen molar-refractivity contribution in [3.05, 3.63) is 12.2 Å². The van der Waals surface area contributed by atoms with Gasteiger partial charge in [-0.25, -0.2) is 0 Å². The maximum atomic E-state index is 2.60. The van der Waals surface area contributed by atoms with Crippen LogP contribution in [0.15, 0.2) is 12.2 Å². The molecule has 0 radical (unpaired) electrons. The summed E-state index contributed by atoms with van der Waals surface area (Å²) in [4.78, 5) is 0. The summed E-state index contributed by atoms with van der Waals surface area (Å²) < 4.78 is 0. The summed E-state index contributed by atoms with van der Waals surface area (Å²) in [5.41, 5.74) is 0.727. The average Bonchev–Trinajstić information content (AvgIpc) is 3.39. The zero-order chi connectivity index (χ0) is 15.6. The fraction of sp³-hybridized carbons (Fsp3) is 0.909. The van der Waals surface area contributed by atoms with E-state index in [9.17, 15) is 0 Å². The molecule has 0 spiro atoms. The molecule has 0 aromatic carbocycles. The van der Waals surface area contributed by atoms with E-state index in [0.29, 0.717) is 0 Å². The minimum absolute atomic E-state index is 0.727. The number of hydrogen-bond acceptors (Lipinski definition) is 0. The van der Waals surface area contributed by atoms with E-state index in [2.05, 4.69) is 32.9 Å². The summed E-state index contributed by atoms with van der Waals surface area (Å²) in [6, 6.07) is 0.